The van der Waals surface area contributed by atoms with Crippen LogP contribution in [0.3, 0.4) is 0 Å². The molecule has 0 aromatic heterocycles. The highest BCUT2D eigenvalue weighted by Crippen LogP contribution is 2.30. The number of phenolic OH excluding ortho intramolecular Hbond substituents is 1. The summed E-state index contributed by atoms with van der Waals surface area (Å²) in [6, 6.07) is 9.93. The molecule has 2 N–H and O–H groups in total. The molecule has 0 atom stereocenters. The molecule has 2 aromatic rings. The molecule has 0 fully saturated rings. The molecule has 0 spiro atoms. The van der Waals surface area contributed by atoms with Crippen LogP contribution in [0, 0.1) is 0 Å². The fourth-order valence-corrected chi connectivity index (χ4v) is 2.61. The Morgan fingerprint density at radius 2 is 1.95 bits per heavy atom. The normalized spacial score (nSPS) is 10.8. The first kappa shape index (κ1) is 16.3. The average molecular weight is 301 g/mol. The highest BCUT2D eigenvalue weighted by atomic mass is 16.5. The van der Waals surface area contributed by atoms with Gasteiger partial charge in [0.05, 0.1) is 13.0 Å². The Labute approximate surface area is 131 Å². The molecule has 0 saturated heterocycles. The van der Waals surface area contributed by atoms with E-state index in [1.807, 2.05) is 24.3 Å². The maximum atomic E-state index is 11.3. The summed E-state index contributed by atoms with van der Waals surface area (Å²) in [5.41, 5.74) is 2.01. The van der Waals surface area contributed by atoms with Crippen molar-refractivity contribution in [1.29, 1.82) is 0 Å². The van der Waals surface area contributed by atoms with Gasteiger partial charge in [-0.1, -0.05) is 31.2 Å². The molecule has 0 unspecified atom stereocenters. The summed E-state index contributed by atoms with van der Waals surface area (Å²) in [5.74, 6) is 0.101. The van der Waals surface area contributed by atoms with E-state index in [1.54, 1.807) is 6.92 Å². The molecule has 0 radical (unpaired) electrons. The van der Waals surface area contributed by atoms with Gasteiger partial charge < -0.3 is 15.2 Å². The zero-order valence-corrected chi connectivity index (χ0v) is 13.2. The lowest BCUT2D eigenvalue weighted by Gasteiger charge is -2.13. The number of phenols is 1. The molecule has 0 amide bonds. The highest BCUT2D eigenvalue weighted by Gasteiger charge is 2.10. The SMILES string of the molecule is CCOC(=O)CCNCc1c(O)cc(CC)c2ccccc12. The number of nitrogens with one attached hydrogen (secondary N) is 1. The molecule has 2 aromatic carbocycles. The molecule has 4 nitrogen and oxygen atoms in total. The van der Waals surface area contributed by atoms with Crippen LogP contribution >= 0.6 is 0 Å². The lowest BCUT2D eigenvalue weighted by molar-refractivity contribution is -0.142. The van der Waals surface area contributed by atoms with Gasteiger partial charge in [-0.3, -0.25) is 4.79 Å². The second kappa shape index (κ2) is 7.80. The summed E-state index contributed by atoms with van der Waals surface area (Å²) in [5, 5.41) is 15.7. The van der Waals surface area contributed by atoms with Crippen molar-refractivity contribution in [2.45, 2.75) is 33.2 Å². The van der Waals surface area contributed by atoms with E-state index in [2.05, 4.69) is 18.3 Å². The summed E-state index contributed by atoms with van der Waals surface area (Å²) in [6.07, 6.45) is 1.21. The van der Waals surface area contributed by atoms with Crippen LogP contribution in [0.1, 0.15) is 31.4 Å². The largest absolute Gasteiger partial charge is 0.508 e. The Hall–Kier alpha value is -2.07. The maximum absolute atomic E-state index is 11.3. The topological polar surface area (TPSA) is 58.6 Å². The summed E-state index contributed by atoms with van der Waals surface area (Å²) in [7, 11) is 0. The van der Waals surface area contributed by atoms with Gasteiger partial charge in [-0.05, 0) is 35.7 Å². The minimum atomic E-state index is -0.203. The Morgan fingerprint density at radius 1 is 1.23 bits per heavy atom. The molecule has 0 aliphatic heterocycles. The van der Waals surface area contributed by atoms with Gasteiger partial charge in [0, 0.05) is 18.7 Å². The fraction of sp³-hybridized carbons (Fsp3) is 0.389. The molecule has 0 heterocycles. The fourth-order valence-electron chi connectivity index (χ4n) is 2.61. The van der Waals surface area contributed by atoms with Crippen LogP contribution in [0.5, 0.6) is 5.75 Å². The Bertz CT molecular complexity index is 652. The molecule has 118 valence electrons. The number of hydrogen-bond acceptors (Lipinski definition) is 4. The van der Waals surface area contributed by atoms with Gasteiger partial charge in [0.25, 0.3) is 0 Å². The van der Waals surface area contributed by atoms with Crippen molar-refractivity contribution in [3.8, 4) is 5.75 Å². The highest BCUT2D eigenvalue weighted by molar-refractivity contribution is 5.90. The second-order valence-electron chi connectivity index (χ2n) is 5.16. The Balaban J connectivity index is 2.11. The van der Waals surface area contributed by atoms with Gasteiger partial charge in [-0.15, -0.1) is 0 Å². The monoisotopic (exact) mass is 301 g/mol. The molecule has 0 aliphatic carbocycles. The van der Waals surface area contributed by atoms with Gasteiger partial charge in [-0.25, -0.2) is 0 Å². The number of hydrogen-bond donors (Lipinski definition) is 2. The molecule has 4 heteroatoms. The maximum Gasteiger partial charge on any atom is 0.307 e. The number of rotatable bonds is 7. The molecule has 0 bridgehead atoms. The number of aryl methyl sites for hydroxylation is 1. The minimum absolute atomic E-state index is 0.203. The van der Waals surface area contributed by atoms with Crippen molar-refractivity contribution in [3.05, 3.63) is 41.5 Å². The van der Waals surface area contributed by atoms with Crippen molar-refractivity contribution < 1.29 is 14.6 Å². The first-order valence-corrected chi connectivity index (χ1v) is 7.76. The van der Waals surface area contributed by atoms with Crippen molar-refractivity contribution in [1.82, 2.24) is 5.32 Å². The van der Waals surface area contributed by atoms with Crippen LogP contribution in [-0.4, -0.2) is 24.2 Å². The zero-order valence-electron chi connectivity index (χ0n) is 13.2. The van der Waals surface area contributed by atoms with Crippen molar-refractivity contribution >= 4 is 16.7 Å². The molecule has 2 rings (SSSR count). The third-order valence-electron chi connectivity index (χ3n) is 3.71. The smallest absolute Gasteiger partial charge is 0.307 e. The van der Waals surface area contributed by atoms with E-state index in [9.17, 15) is 9.90 Å². The van der Waals surface area contributed by atoms with E-state index in [0.717, 1.165) is 22.9 Å². The number of carbonyl (C=O) groups is 1. The van der Waals surface area contributed by atoms with Gasteiger partial charge in [0.1, 0.15) is 5.75 Å². The van der Waals surface area contributed by atoms with Crippen molar-refractivity contribution in [2.75, 3.05) is 13.2 Å². The van der Waals surface area contributed by atoms with E-state index >= 15 is 0 Å². The van der Waals surface area contributed by atoms with Crippen LogP contribution in [0.25, 0.3) is 10.8 Å². The number of benzene rings is 2. The third kappa shape index (κ3) is 3.77. The minimum Gasteiger partial charge on any atom is -0.508 e. The number of ether oxygens (including phenoxy) is 1. The van der Waals surface area contributed by atoms with Crippen LogP contribution in [0.15, 0.2) is 30.3 Å². The standard InChI is InChI=1S/C18H23NO3/c1-3-13-11-17(20)16(15-8-6-5-7-14(13)15)12-19-10-9-18(21)22-4-2/h5-8,11,19-20H,3-4,9-10,12H2,1-2H3. The van der Waals surface area contributed by atoms with Crippen LogP contribution in [0.2, 0.25) is 0 Å². The van der Waals surface area contributed by atoms with E-state index < -0.39 is 0 Å². The predicted molar refractivity (Wildman–Crippen MR) is 87.9 cm³/mol. The zero-order chi connectivity index (χ0) is 15.9. The first-order chi connectivity index (χ1) is 10.7. The third-order valence-corrected chi connectivity index (χ3v) is 3.71. The van der Waals surface area contributed by atoms with Gasteiger partial charge in [-0.2, -0.15) is 0 Å². The second-order valence-corrected chi connectivity index (χ2v) is 5.16. The Morgan fingerprint density at radius 3 is 2.64 bits per heavy atom. The number of fused-ring (bicyclic) bond motifs is 1. The predicted octanol–water partition coefficient (Wildman–Crippen LogP) is 3.15. The van der Waals surface area contributed by atoms with E-state index in [-0.39, 0.29) is 5.97 Å². The summed E-state index contributed by atoms with van der Waals surface area (Å²) >= 11 is 0. The van der Waals surface area contributed by atoms with Crippen molar-refractivity contribution in [2.24, 2.45) is 0 Å². The van der Waals surface area contributed by atoms with Crippen molar-refractivity contribution in [3.63, 3.8) is 0 Å². The quantitative estimate of drug-likeness (QED) is 0.609. The summed E-state index contributed by atoms with van der Waals surface area (Å²) in [4.78, 5) is 11.3. The van der Waals surface area contributed by atoms with Crippen LogP contribution in [0.4, 0.5) is 0 Å². The van der Waals surface area contributed by atoms with Gasteiger partial charge in [0.2, 0.25) is 0 Å². The molecule has 22 heavy (non-hydrogen) atoms. The molecular formula is C18H23NO3. The van der Waals surface area contributed by atoms with E-state index in [1.165, 1.54) is 5.39 Å². The number of carbonyl (C=O) groups excluding carboxylic acids is 1. The first-order valence-electron chi connectivity index (χ1n) is 7.76. The molecular weight excluding hydrogens is 278 g/mol. The van der Waals surface area contributed by atoms with Gasteiger partial charge >= 0.3 is 5.97 Å². The van der Waals surface area contributed by atoms with E-state index in [0.29, 0.717) is 31.9 Å². The molecule has 0 aliphatic rings. The summed E-state index contributed by atoms with van der Waals surface area (Å²) in [6.45, 7) is 5.34. The lowest BCUT2D eigenvalue weighted by Crippen LogP contribution is -2.19. The van der Waals surface area contributed by atoms with Crippen LogP contribution < -0.4 is 5.32 Å². The Kier molecular flexibility index (Phi) is 5.78. The summed E-state index contributed by atoms with van der Waals surface area (Å²) < 4.78 is 4.89. The van der Waals surface area contributed by atoms with Gasteiger partial charge in [0.15, 0.2) is 0 Å². The van der Waals surface area contributed by atoms with E-state index in [4.69, 9.17) is 4.74 Å². The molecule has 0 saturated carbocycles. The average Bonchev–Trinajstić information content (AvgIpc) is 2.52. The lowest BCUT2D eigenvalue weighted by atomic mass is 9.97. The number of aromatic hydroxyl groups is 1. The van der Waals surface area contributed by atoms with Crippen LogP contribution in [-0.2, 0) is 22.5 Å². The number of esters is 1.